The van der Waals surface area contributed by atoms with Crippen LogP contribution < -0.4 is 10.0 Å². The number of aryl methyl sites for hydroxylation is 1. The van der Waals surface area contributed by atoms with Crippen molar-refractivity contribution in [3.8, 4) is 0 Å². The number of benzene rings is 4. The molecule has 2 saturated heterocycles. The third-order valence-corrected chi connectivity index (χ3v) is 10.8. The summed E-state index contributed by atoms with van der Waals surface area (Å²) < 4.78 is 42.1. The van der Waals surface area contributed by atoms with E-state index in [1.165, 1.54) is 12.1 Å². The lowest BCUT2D eigenvalue weighted by atomic mass is 9.99. The summed E-state index contributed by atoms with van der Waals surface area (Å²) in [5.74, 6) is -0.433. The fourth-order valence-corrected chi connectivity index (χ4v) is 7.61. The van der Waals surface area contributed by atoms with Crippen LogP contribution in [0.1, 0.15) is 58.6 Å². The zero-order valence-corrected chi connectivity index (χ0v) is 29.0. The van der Waals surface area contributed by atoms with Gasteiger partial charge in [0.25, 0.3) is 0 Å². The Bertz CT molecular complexity index is 1800. The standard InChI is InChI=1S/C39H45N3O7S/c1-27-7-17-35(18-8-27)50(46,47)41-36(21-28-5-3-2-4-6-28)38(45)40-23-29-9-15-32(16-10-29)39-48-34(25-42-20-19-33(44)24-42)22-37(49-39)31-13-11-30(26-43)12-14-31/h2-18,33-34,36-37,39,41,43-44H,19-26H2,1H3,(H,40,45)/t33-,34+,36-,37-,39?/m1/s1. The zero-order valence-electron chi connectivity index (χ0n) is 28.1. The van der Waals surface area contributed by atoms with Gasteiger partial charge in [-0.15, -0.1) is 0 Å². The van der Waals surface area contributed by atoms with Crippen molar-refractivity contribution in [2.75, 3.05) is 19.6 Å². The highest BCUT2D eigenvalue weighted by molar-refractivity contribution is 7.89. The lowest BCUT2D eigenvalue weighted by Crippen LogP contribution is -2.47. The molecule has 10 nitrogen and oxygen atoms in total. The van der Waals surface area contributed by atoms with Crippen molar-refractivity contribution in [1.82, 2.24) is 14.9 Å². The Labute approximate surface area is 294 Å². The second-order valence-corrected chi connectivity index (χ2v) is 14.9. The van der Waals surface area contributed by atoms with Crippen LogP contribution in [0.4, 0.5) is 0 Å². The molecule has 4 aromatic carbocycles. The summed E-state index contributed by atoms with van der Waals surface area (Å²) in [5.41, 5.74) is 5.26. The van der Waals surface area contributed by atoms with Crippen LogP contribution in [-0.2, 0) is 43.9 Å². The molecule has 1 amide bonds. The van der Waals surface area contributed by atoms with Crippen molar-refractivity contribution < 1.29 is 32.9 Å². The van der Waals surface area contributed by atoms with E-state index in [2.05, 4.69) is 14.9 Å². The van der Waals surface area contributed by atoms with E-state index in [9.17, 15) is 23.4 Å². The van der Waals surface area contributed by atoms with Crippen LogP contribution in [0.2, 0.25) is 0 Å². The molecule has 1 unspecified atom stereocenters. The van der Waals surface area contributed by atoms with Gasteiger partial charge in [-0.05, 0) is 54.2 Å². The van der Waals surface area contributed by atoms with E-state index in [-0.39, 0.29) is 42.8 Å². The molecule has 2 fully saturated rings. The Balaban J connectivity index is 1.13. The fourth-order valence-electron chi connectivity index (χ4n) is 6.41. The van der Waals surface area contributed by atoms with Gasteiger partial charge in [0.05, 0.1) is 29.8 Å². The molecule has 2 aliphatic heterocycles. The van der Waals surface area contributed by atoms with Crippen molar-refractivity contribution >= 4 is 15.9 Å². The van der Waals surface area contributed by atoms with Gasteiger partial charge in [-0.1, -0.05) is 96.6 Å². The summed E-state index contributed by atoms with van der Waals surface area (Å²) >= 11 is 0. The van der Waals surface area contributed by atoms with Crippen LogP contribution in [0.25, 0.3) is 0 Å². The number of hydrogen-bond acceptors (Lipinski definition) is 8. The Morgan fingerprint density at radius 3 is 2.22 bits per heavy atom. The van der Waals surface area contributed by atoms with Gasteiger partial charge in [-0.25, -0.2) is 8.42 Å². The molecule has 2 heterocycles. The van der Waals surface area contributed by atoms with Gasteiger partial charge in [0.15, 0.2) is 6.29 Å². The molecule has 0 spiro atoms. The van der Waals surface area contributed by atoms with E-state index < -0.39 is 28.3 Å². The van der Waals surface area contributed by atoms with E-state index in [0.717, 1.165) is 46.3 Å². The average molecular weight is 700 g/mol. The topological polar surface area (TPSA) is 137 Å². The first-order valence-electron chi connectivity index (χ1n) is 17.1. The maximum atomic E-state index is 13.5. The summed E-state index contributed by atoms with van der Waals surface area (Å²) in [6, 6.07) is 30.2. The minimum absolute atomic E-state index is 0.0268. The molecule has 4 aromatic rings. The number of nitrogens with one attached hydrogen (secondary N) is 2. The Kier molecular flexibility index (Phi) is 11.8. The number of carbonyl (C=O) groups is 1. The first-order chi connectivity index (χ1) is 24.1. The maximum absolute atomic E-state index is 13.5. The molecule has 5 atom stereocenters. The summed E-state index contributed by atoms with van der Waals surface area (Å²) in [4.78, 5) is 15.8. The van der Waals surface area contributed by atoms with Crippen molar-refractivity contribution in [3.63, 3.8) is 0 Å². The molecule has 2 aliphatic rings. The van der Waals surface area contributed by atoms with Gasteiger partial charge in [0.2, 0.25) is 15.9 Å². The monoisotopic (exact) mass is 699 g/mol. The van der Waals surface area contributed by atoms with Crippen molar-refractivity contribution in [2.45, 2.75) is 74.9 Å². The minimum atomic E-state index is -3.95. The third-order valence-electron chi connectivity index (χ3n) is 9.27. The SMILES string of the molecule is Cc1ccc(S(=O)(=O)N[C@H](Cc2ccccc2)C(=O)NCc2ccc(C3O[C@H](CN4CC[C@@H](O)C4)C[C@H](c4ccc(CO)cc4)O3)cc2)cc1. The summed E-state index contributed by atoms with van der Waals surface area (Å²) in [7, 11) is -3.95. The summed E-state index contributed by atoms with van der Waals surface area (Å²) in [6.07, 6.45) is 0.315. The summed E-state index contributed by atoms with van der Waals surface area (Å²) in [6.45, 7) is 4.18. The second kappa shape index (κ2) is 16.4. The molecule has 4 N–H and O–H groups in total. The third kappa shape index (κ3) is 9.43. The molecule has 6 rings (SSSR count). The highest BCUT2D eigenvalue weighted by Crippen LogP contribution is 2.38. The quantitative estimate of drug-likeness (QED) is 0.162. The van der Waals surface area contributed by atoms with E-state index in [1.54, 1.807) is 12.1 Å². The number of β-amino-alcohol motifs (C(OH)–C–C–N with tert-alkyl or cyclic N) is 1. The number of hydrogen-bond donors (Lipinski definition) is 4. The van der Waals surface area contributed by atoms with E-state index in [1.807, 2.05) is 85.8 Å². The molecule has 0 aliphatic carbocycles. The highest BCUT2D eigenvalue weighted by Gasteiger charge is 2.34. The number of amides is 1. The normalized spacial score (nSPS) is 21.9. The van der Waals surface area contributed by atoms with Crippen LogP contribution in [0.15, 0.2) is 108 Å². The predicted octanol–water partition coefficient (Wildman–Crippen LogP) is 4.31. The smallest absolute Gasteiger partial charge is 0.241 e. The number of carbonyl (C=O) groups excluding carboxylic acids is 1. The number of ether oxygens (including phenoxy) is 2. The first kappa shape index (κ1) is 35.9. The van der Waals surface area contributed by atoms with Crippen LogP contribution in [0, 0.1) is 6.92 Å². The van der Waals surface area contributed by atoms with Gasteiger partial charge >= 0.3 is 0 Å². The highest BCUT2D eigenvalue weighted by atomic mass is 32.2. The average Bonchev–Trinajstić information content (AvgIpc) is 3.54. The summed E-state index contributed by atoms with van der Waals surface area (Å²) in [5, 5.41) is 22.5. The Morgan fingerprint density at radius 2 is 1.56 bits per heavy atom. The van der Waals surface area contributed by atoms with Gasteiger partial charge in [0.1, 0.15) is 6.04 Å². The van der Waals surface area contributed by atoms with Crippen LogP contribution in [0.5, 0.6) is 0 Å². The second-order valence-electron chi connectivity index (χ2n) is 13.2. The van der Waals surface area contributed by atoms with E-state index in [0.29, 0.717) is 19.5 Å². The van der Waals surface area contributed by atoms with Gasteiger partial charge in [-0.3, -0.25) is 9.69 Å². The number of likely N-dealkylation sites (tertiary alicyclic amines) is 1. The molecule has 0 aromatic heterocycles. The van der Waals surface area contributed by atoms with Crippen LogP contribution in [0.3, 0.4) is 0 Å². The Morgan fingerprint density at radius 1 is 0.880 bits per heavy atom. The zero-order chi connectivity index (χ0) is 35.1. The number of aliphatic hydroxyl groups is 2. The fraction of sp³-hybridized carbons (Fsp3) is 0.359. The van der Waals surface area contributed by atoms with E-state index in [4.69, 9.17) is 9.47 Å². The number of sulfonamides is 1. The van der Waals surface area contributed by atoms with E-state index >= 15 is 0 Å². The predicted molar refractivity (Wildman–Crippen MR) is 189 cm³/mol. The number of aliphatic hydroxyl groups excluding tert-OH is 2. The minimum Gasteiger partial charge on any atom is -0.392 e. The van der Waals surface area contributed by atoms with Gasteiger partial charge in [0, 0.05) is 38.2 Å². The molecular weight excluding hydrogens is 655 g/mol. The molecule has 0 saturated carbocycles. The van der Waals surface area contributed by atoms with Crippen LogP contribution in [-0.4, -0.2) is 67.3 Å². The first-order valence-corrected chi connectivity index (χ1v) is 18.5. The van der Waals surface area contributed by atoms with Crippen molar-refractivity contribution in [1.29, 1.82) is 0 Å². The lowest BCUT2D eigenvalue weighted by Gasteiger charge is -2.37. The largest absolute Gasteiger partial charge is 0.392 e. The lowest BCUT2D eigenvalue weighted by molar-refractivity contribution is -0.252. The number of nitrogens with zero attached hydrogens (tertiary/aromatic N) is 1. The Hall–Kier alpha value is -3.94. The van der Waals surface area contributed by atoms with Crippen molar-refractivity contribution in [3.05, 3.63) is 137 Å². The van der Waals surface area contributed by atoms with Gasteiger partial charge < -0.3 is 25.0 Å². The molecule has 11 heteroatoms. The van der Waals surface area contributed by atoms with Crippen molar-refractivity contribution in [2.24, 2.45) is 0 Å². The van der Waals surface area contributed by atoms with Crippen LogP contribution >= 0.6 is 0 Å². The molecule has 264 valence electrons. The molecule has 50 heavy (non-hydrogen) atoms. The molecule has 0 bridgehead atoms. The van der Waals surface area contributed by atoms with Gasteiger partial charge in [-0.2, -0.15) is 4.72 Å². The molecule has 0 radical (unpaired) electrons. The maximum Gasteiger partial charge on any atom is 0.241 e. The number of rotatable bonds is 13. The molecular formula is C39H45N3O7S.